The Hall–Kier alpha value is -1.30. The quantitative estimate of drug-likeness (QED) is 0.379. The summed E-state index contributed by atoms with van der Waals surface area (Å²) in [7, 11) is 1.63. The van der Waals surface area contributed by atoms with Crippen molar-refractivity contribution in [3.8, 4) is 11.5 Å². The molecule has 18 heavy (non-hydrogen) atoms. The smallest absolute Gasteiger partial charge is 0.189 e. The predicted molar refractivity (Wildman–Crippen MR) is 65.0 cm³/mol. The molecule has 0 saturated carbocycles. The summed E-state index contributed by atoms with van der Waals surface area (Å²) < 4.78 is 26.0. The minimum absolute atomic E-state index is 0.222. The van der Waals surface area contributed by atoms with Crippen LogP contribution in [0.3, 0.4) is 0 Å². The van der Waals surface area contributed by atoms with Crippen molar-refractivity contribution in [1.82, 2.24) is 0 Å². The van der Waals surface area contributed by atoms with Gasteiger partial charge in [0.25, 0.3) is 0 Å². The summed E-state index contributed by atoms with van der Waals surface area (Å²) in [6.45, 7) is 2.73. The van der Waals surface area contributed by atoms with Crippen molar-refractivity contribution >= 4 is 0 Å². The van der Waals surface area contributed by atoms with Gasteiger partial charge in [-0.05, 0) is 24.3 Å². The minimum Gasteiger partial charge on any atom is -0.491 e. The first kappa shape index (κ1) is 13.1. The number of methoxy groups -OCH3 is 1. The normalized spacial score (nSPS) is 17.5. The Labute approximate surface area is 107 Å². The van der Waals surface area contributed by atoms with Crippen LogP contribution >= 0.6 is 0 Å². The molecule has 0 bridgehead atoms. The number of hydrogen-bond acceptors (Lipinski definition) is 5. The largest absolute Gasteiger partial charge is 0.491 e. The van der Waals surface area contributed by atoms with Gasteiger partial charge in [0.15, 0.2) is 6.79 Å². The lowest BCUT2D eigenvalue weighted by atomic mass is 10.3. The Balaban J connectivity index is 1.63. The lowest BCUT2D eigenvalue weighted by Gasteiger charge is -2.08. The van der Waals surface area contributed by atoms with Crippen molar-refractivity contribution < 1.29 is 23.7 Å². The predicted octanol–water partition coefficient (Wildman–Crippen LogP) is 1.46. The van der Waals surface area contributed by atoms with Crippen LogP contribution in [0.15, 0.2) is 24.3 Å². The van der Waals surface area contributed by atoms with Crippen LogP contribution in [0.5, 0.6) is 11.5 Å². The van der Waals surface area contributed by atoms with E-state index in [2.05, 4.69) is 0 Å². The van der Waals surface area contributed by atoms with Crippen LogP contribution in [-0.2, 0) is 14.2 Å². The van der Waals surface area contributed by atoms with Crippen LogP contribution in [0.1, 0.15) is 0 Å². The standard InChI is InChI=1S/C13H18O5/c1-14-6-7-15-10-18-12-4-2-11(3-5-12)16-8-13-9-17-13/h2-5,13H,6-10H2,1H3. The van der Waals surface area contributed by atoms with Crippen LogP contribution in [-0.4, -0.2) is 46.4 Å². The molecule has 1 fully saturated rings. The average Bonchev–Trinajstić information content (AvgIpc) is 3.22. The van der Waals surface area contributed by atoms with E-state index >= 15 is 0 Å². The van der Waals surface area contributed by atoms with Gasteiger partial charge in [-0.25, -0.2) is 0 Å². The molecule has 0 amide bonds. The highest BCUT2D eigenvalue weighted by Gasteiger charge is 2.22. The number of rotatable bonds is 9. The van der Waals surface area contributed by atoms with E-state index in [1.165, 1.54) is 0 Å². The van der Waals surface area contributed by atoms with E-state index in [9.17, 15) is 0 Å². The first-order valence-corrected chi connectivity index (χ1v) is 5.92. The van der Waals surface area contributed by atoms with Gasteiger partial charge in [0.05, 0.1) is 19.8 Å². The first-order valence-electron chi connectivity index (χ1n) is 5.92. The maximum absolute atomic E-state index is 5.51. The van der Waals surface area contributed by atoms with Gasteiger partial charge in [-0.2, -0.15) is 0 Å². The van der Waals surface area contributed by atoms with Crippen LogP contribution in [0, 0.1) is 0 Å². The molecular formula is C13H18O5. The van der Waals surface area contributed by atoms with E-state index in [-0.39, 0.29) is 12.9 Å². The Bertz CT molecular complexity index is 334. The summed E-state index contributed by atoms with van der Waals surface area (Å²) in [5.74, 6) is 1.57. The molecule has 1 atom stereocenters. The number of epoxide rings is 1. The van der Waals surface area contributed by atoms with Crippen LogP contribution < -0.4 is 9.47 Å². The lowest BCUT2D eigenvalue weighted by molar-refractivity contribution is -0.00849. The summed E-state index contributed by atoms with van der Waals surface area (Å²) in [5, 5.41) is 0. The molecule has 1 heterocycles. The maximum atomic E-state index is 5.51. The molecular weight excluding hydrogens is 236 g/mol. The maximum Gasteiger partial charge on any atom is 0.189 e. The summed E-state index contributed by atoms with van der Waals surface area (Å²) in [6.07, 6.45) is 0.273. The zero-order chi connectivity index (χ0) is 12.6. The van der Waals surface area contributed by atoms with E-state index in [0.29, 0.717) is 19.8 Å². The molecule has 0 radical (unpaired) electrons. The van der Waals surface area contributed by atoms with Gasteiger partial charge in [0.1, 0.15) is 24.2 Å². The molecule has 1 saturated heterocycles. The van der Waals surface area contributed by atoms with Gasteiger partial charge >= 0.3 is 0 Å². The molecule has 100 valence electrons. The molecule has 1 aromatic rings. The topological polar surface area (TPSA) is 49.5 Å². The Kier molecular flexibility index (Phi) is 5.26. The first-order chi connectivity index (χ1) is 8.88. The average molecular weight is 254 g/mol. The molecule has 2 rings (SSSR count). The monoisotopic (exact) mass is 254 g/mol. The van der Waals surface area contributed by atoms with Crippen molar-refractivity contribution in [3.63, 3.8) is 0 Å². The van der Waals surface area contributed by atoms with Crippen molar-refractivity contribution in [1.29, 1.82) is 0 Å². The van der Waals surface area contributed by atoms with E-state index in [0.717, 1.165) is 18.1 Å². The third-order valence-electron chi connectivity index (χ3n) is 2.40. The van der Waals surface area contributed by atoms with Crippen LogP contribution in [0.25, 0.3) is 0 Å². The van der Waals surface area contributed by atoms with Gasteiger partial charge in [-0.3, -0.25) is 0 Å². The van der Waals surface area contributed by atoms with Gasteiger partial charge in [0.2, 0.25) is 0 Å². The van der Waals surface area contributed by atoms with Crippen molar-refractivity contribution in [2.75, 3.05) is 40.3 Å². The summed E-state index contributed by atoms with van der Waals surface area (Å²) in [5.41, 5.74) is 0. The highest BCUT2D eigenvalue weighted by Crippen LogP contribution is 2.19. The van der Waals surface area contributed by atoms with Gasteiger partial charge < -0.3 is 23.7 Å². The second kappa shape index (κ2) is 7.20. The molecule has 5 heteroatoms. The third-order valence-corrected chi connectivity index (χ3v) is 2.40. The summed E-state index contributed by atoms with van der Waals surface area (Å²) in [6, 6.07) is 7.44. The van der Waals surface area contributed by atoms with Gasteiger partial charge in [-0.1, -0.05) is 0 Å². The van der Waals surface area contributed by atoms with Crippen LogP contribution in [0.4, 0.5) is 0 Å². The third kappa shape index (κ3) is 4.91. The Morgan fingerprint density at radius 3 is 2.39 bits per heavy atom. The second-order valence-corrected chi connectivity index (χ2v) is 3.90. The van der Waals surface area contributed by atoms with Crippen LogP contribution in [0.2, 0.25) is 0 Å². The molecule has 0 N–H and O–H groups in total. The summed E-state index contributed by atoms with van der Waals surface area (Å²) in [4.78, 5) is 0. The SMILES string of the molecule is COCCOCOc1ccc(OCC2CO2)cc1. The number of ether oxygens (including phenoxy) is 5. The Morgan fingerprint density at radius 2 is 1.78 bits per heavy atom. The summed E-state index contributed by atoms with van der Waals surface area (Å²) >= 11 is 0. The molecule has 0 spiro atoms. The fourth-order valence-corrected chi connectivity index (χ4v) is 1.30. The zero-order valence-corrected chi connectivity index (χ0v) is 10.5. The highest BCUT2D eigenvalue weighted by atomic mass is 16.7. The molecule has 0 aliphatic carbocycles. The minimum atomic E-state index is 0.222. The van der Waals surface area contributed by atoms with E-state index in [1.54, 1.807) is 7.11 Å². The van der Waals surface area contributed by atoms with Gasteiger partial charge in [0, 0.05) is 7.11 Å². The molecule has 1 aromatic carbocycles. The zero-order valence-electron chi connectivity index (χ0n) is 10.5. The van der Waals surface area contributed by atoms with E-state index < -0.39 is 0 Å². The fraction of sp³-hybridized carbons (Fsp3) is 0.538. The molecule has 1 aliphatic rings. The van der Waals surface area contributed by atoms with Gasteiger partial charge in [-0.15, -0.1) is 0 Å². The molecule has 5 nitrogen and oxygen atoms in total. The molecule has 0 aromatic heterocycles. The van der Waals surface area contributed by atoms with E-state index in [1.807, 2.05) is 24.3 Å². The second-order valence-electron chi connectivity index (χ2n) is 3.90. The van der Waals surface area contributed by atoms with Crippen molar-refractivity contribution in [2.24, 2.45) is 0 Å². The highest BCUT2D eigenvalue weighted by molar-refractivity contribution is 5.31. The fourth-order valence-electron chi connectivity index (χ4n) is 1.30. The number of hydrogen-bond donors (Lipinski definition) is 0. The molecule has 1 unspecified atom stereocenters. The lowest BCUT2D eigenvalue weighted by Crippen LogP contribution is -2.07. The van der Waals surface area contributed by atoms with E-state index in [4.69, 9.17) is 23.7 Å². The van der Waals surface area contributed by atoms with Crippen molar-refractivity contribution in [2.45, 2.75) is 6.10 Å². The number of benzene rings is 1. The molecule has 1 aliphatic heterocycles. The Morgan fingerprint density at radius 1 is 1.11 bits per heavy atom. The van der Waals surface area contributed by atoms with Crippen molar-refractivity contribution in [3.05, 3.63) is 24.3 Å².